The summed E-state index contributed by atoms with van der Waals surface area (Å²) in [5.74, 6) is 0. The summed E-state index contributed by atoms with van der Waals surface area (Å²) in [4.78, 5) is 6.31. The number of likely N-dealkylation sites (tertiary alicyclic amines) is 1. The van der Waals surface area contributed by atoms with Gasteiger partial charge in [-0.05, 0) is 38.2 Å². The first-order chi connectivity index (χ1) is 9.22. The zero-order chi connectivity index (χ0) is 13.2. The molecule has 3 rings (SSSR count). The second-order valence-corrected chi connectivity index (χ2v) is 5.33. The third kappa shape index (κ3) is 2.72. The van der Waals surface area contributed by atoms with Crippen molar-refractivity contribution in [3.63, 3.8) is 0 Å². The van der Waals surface area contributed by atoms with Crippen molar-refractivity contribution in [1.29, 1.82) is 0 Å². The fourth-order valence-corrected chi connectivity index (χ4v) is 2.60. The minimum Gasteiger partial charge on any atom is -0.379 e. The normalized spacial score (nSPS) is 19.8. The topological polar surface area (TPSA) is 46.0 Å². The van der Waals surface area contributed by atoms with Crippen LogP contribution in [0.2, 0.25) is 5.02 Å². The predicted molar refractivity (Wildman–Crippen MR) is 75.9 cm³/mol. The first-order valence-electron chi connectivity index (χ1n) is 6.32. The third-order valence-corrected chi connectivity index (χ3v) is 3.61. The molecule has 0 aliphatic carbocycles. The molecule has 1 aliphatic heterocycles. The summed E-state index contributed by atoms with van der Waals surface area (Å²) in [5, 5.41) is 8.45. The molecule has 0 spiro atoms. The number of anilines is 1. The van der Waals surface area contributed by atoms with Gasteiger partial charge in [0.05, 0.1) is 11.4 Å². The maximum absolute atomic E-state index is 6.10. The van der Waals surface area contributed by atoms with Crippen molar-refractivity contribution in [3.05, 3.63) is 35.9 Å². The molecule has 1 aliphatic rings. The highest BCUT2D eigenvalue weighted by atomic mass is 35.5. The Morgan fingerprint density at radius 2 is 2.32 bits per heavy atom. The van der Waals surface area contributed by atoms with Gasteiger partial charge in [0.1, 0.15) is 12.7 Å². The molecule has 1 aromatic carbocycles. The number of benzene rings is 1. The summed E-state index contributed by atoms with van der Waals surface area (Å²) in [5.41, 5.74) is 1.97. The van der Waals surface area contributed by atoms with Gasteiger partial charge in [0.25, 0.3) is 0 Å². The quantitative estimate of drug-likeness (QED) is 0.933. The van der Waals surface area contributed by atoms with Gasteiger partial charge in [-0.2, -0.15) is 5.10 Å². The molecule has 0 radical (unpaired) electrons. The maximum atomic E-state index is 6.10. The number of nitrogens with zero attached hydrogens (tertiary/aromatic N) is 4. The Morgan fingerprint density at radius 1 is 1.42 bits per heavy atom. The molecular formula is C13H16ClN5. The SMILES string of the molecule is CN1CCC(Nc2cc(Cl)ccc2-n2cncn2)C1. The van der Waals surface area contributed by atoms with Gasteiger partial charge in [0, 0.05) is 17.6 Å². The van der Waals surface area contributed by atoms with E-state index in [1.165, 1.54) is 6.33 Å². The average molecular weight is 278 g/mol. The minimum absolute atomic E-state index is 0.450. The van der Waals surface area contributed by atoms with Crippen LogP contribution in [0.25, 0.3) is 5.69 Å². The molecule has 2 heterocycles. The Balaban J connectivity index is 1.89. The van der Waals surface area contributed by atoms with E-state index in [2.05, 4.69) is 27.3 Å². The molecule has 100 valence electrons. The van der Waals surface area contributed by atoms with Gasteiger partial charge in [-0.25, -0.2) is 9.67 Å². The summed E-state index contributed by atoms with van der Waals surface area (Å²) in [7, 11) is 2.14. The number of aromatic nitrogens is 3. The van der Waals surface area contributed by atoms with E-state index >= 15 is 0 Å². The van der Waals surface area contributed by atoms with E-state index in [0.29, 0.717) is 6.04 Å². The van der Waals surface area contributed by atoms with E-state index in [0.717, 1.165) is 35.9 Å². The molecule has 1 fully saturated rings. The van der Waals surface area contributed by atoms with Crippen molar-refractivity contribution in [3.8, 4) is 5.69 Å². The molecule has 6 heteroatoms. The number of nitrogens with one attached hydrogen (secondary N) is 1. The minimum atomic E-state index is 0.450. The lowest BCUT2D eigenvalue weighted by Gasteiger charge is -2.17. The summed E-state index contributed by atoms with van der Waals surface area (Å²) < 4.78 is 1.75. The van der Waals surface area contributed by atoms with E-state index in [-0.39, 0.29) is 0 Å². The van der Waals surface area contributed by atoms with Crippen LogP contribution in [-0.4, -0.2) is 45.8 Å². The molecule has 0 amide bonds. The molecule has 0 bridgehead atoms. The van der Waals surface area contributed by atoms with Crippen LogP contribution in [0.5, 0.6) is 0 Å². The molecule has 0 saturated carbocycles. The van der Waals surface area contributed by atoms with Gasteiger partial charge in [0.2, 0.25) is 0 Å². The van der Waals surface area contributed by atoms with Gasteiger partial charge in [-0.3, -0.25) is 0 Å². The second kappa shape index (κ2) is 5.19. The summed E-state index contributed by atoms with van der Waals surface area (Å²) in [6.45, 7) is 2.17. The van der Waals surface area contributed by atoms with Crippen LogP contribution in [0.3, 0.4) is 0 Å². The van der Waals surface area contributed by atoms with Gasteiger partial charge >= 0.3 is 0 Å². The van der Waals surface area contributed by atoms with Crippen molar-refractivity contribution in [1.82, 2.24) is 19.7 Å². The first-order valence-corrected chi connectivity index (χ1v) is 6.70. The van der Waals surface area contributed by atoms with E-state index in [9.17, 15) is 0 Å². The highest BCUT2D eigenvalue weighted by Crippen LogP contribution is 2.26. The Labute approximate surface area is 117 Å². The molecular weight excluding hydrogens is 262 g/mol. The van der Waals surface area contributed by atoms with Crippen molar-refractivity contribution in [2.75, 3.05) is 25.5 Å². The van der Waals surface area contributed by atoms with Crippen molar-refractivity contribution >= 4 is 17.3 Å². The largest absolute Gasteiger partial charge is 0.379 e. The highest BCUT2D eigenvalue weighted by Gasteiger charge is 2.20. The molecule has 5 nitrogen and oxygen atoms in total. The molecule has 1 atom stereocenters. The van der Waals surface area contributed by atoms with E-state index in [1.54, 1.807) is 11.0 Å². The molecule has 1 aromatic heterocycles. The van der Waals surface area contributed by atoms with Crippen molar-refractivity contribution < 1.29 is 0 Å². The van der Waals surface area contributed by atoms with Crippen molar-refractivity contribution in [2.24, 2.45) is 0 Å². The Bertz CT molecular complexity index is 554. The van der Waals surface area contributed by atoms with Gasteiger partial charge in [-0.1, -0.05) is 11.6 Å². The summed E-state index contributed by atoms with van der Waals surface area (Å²) in [6, 6.07) is 6.21. The number of likely N-dealkylation sites (N-methyl/N-ethyl adjacent to an activating group) is 1. The first kappa shape index (κ1) is 12.4. The fourth-order valence-electron chi connectivity index (χ4n) is 2.43. The molecule has 2 aromatic rings. The Kier molecular flexibility index (Phi) is 3.40. The van der Waals surface area contributed by atoms with E-state index in [1.807, 2.05) is 18.2 Å². The van der Waals surface area contributed by atoms with Crippen LogP contribution < -0.4 is 5.32 Å². The number of hydrogen-bond donors (Lipinski definition) is 1. The van der Waals surface area contributed by atoms with Crippen LogP contribution in [0.4, 0.5) is 5.69 Å². The summed E-state index contributed by atoms with van der Waals surface area (Å²) in [6.07, 6.45) is 4.36. The fraction of sp³-hybridized carbons (Fsp3) is 0.385. The van der Waals surface area contributed by atoms with Gasteiger partial charge in [-0.15, -0.1) is 0 Å². The lowest BCUT2D eigenvalue weighted by molar-refractivity contribution is 0.414. The Morgan fingerprint density at radius 3 is 3.00 bits per heavy atom. The highest BCUT2D eigenvalue weighted by molar-refractivity contribution is 6.31. The monoisotopic (exact) mass is 277 g/mol. The lowest BCUT2D eigenvalue weighted by Crippen LogP contribution is -2.24. The molecule has 19 heavy (non-hydrogen) atoms. The van der Waals surface area contributed by atoms with Crippen LogP contribution in [0, 0.1) is 0 Å². The standard InChI is InChI=1S/C13H16ClN5/c1-18-5-4-11(7-18)17-12-6-10(14)2-3-13(12)19-9-15-8-16-19/h2-3,6,8-9,11,17H,4-5,7H2,1H3. The molecule has 1 unspecified atom stereocenters. The zero-order valence-electron chi connectivity index (χ0n) is 10.8. The number of halogens is 1. The van der Waals surface area contributed by atoms with Gasteiger partial charge in [0.15, 0.2) is 0 Å². The number of hydrogen-bond acceptors (Lipinski definition) is 4. The Hall–Kier alpha value is -1.59. The van der Waals surface area contributed by atoms with Crippen LogP contribution >= 0.6 is 11.6 Å². The second-order valence-electron chi connectivity index (χ2n) is 4.89. The third-order valence-electron chi connectivity index (χ3n) is 3.38. The van der Waals surface area contributed by atoms with Crippen LogP contribution in [0.15, 0.2) is 30.9 Å². The molecule has 1 N–H and O–H groups in total. The summed E-state index contributed by atoms with van der Waals surface area (Å²) >= 11 is 6.10. The van der Waals surface area contributed by atoms with Crippen molar-refractivity contribution in [2.45, 2.75) is 12.5 Å². The van der Waals surface area contributed by atoms with E-state index < -0.39 is 0 Å². The smallest absolute Gasteiger partial charge is 0.138 e. The maximum Gasteiger partial charge on any atom is 0.138 e. The van der Waals surface area contributed by atoms with Gasteiger partial charge < -0.3 is 10.2 Å². The number of rotatable bonds is 3. The zero-order valence-corrected chi connectivity index (χ0v) is 11.5. The lowest BCUT2D eigenvalue weighted by atomic mass is 10.2. The predicted octanol–water partition coefficient (Wildman–Crippen LogP) is 2.04. The van der Waals surface area contributed by atoms with Crippen LogP contribution in [-0.2, 0) is 0 Å². The molecule has 1 saturated heterocycles. The van der Waals surface area contributed by atoms with Crippen LogP contribution in [0.1, 0.15) is 6.42 Å². The average Bonchev–Trinajstić information content (AvgIpc) is 3.01. The van der Waals surface area contributed by atoms with E-state index in [4.69, 9.17) is 11.6 Å².